The number of rotatable bonds is 4. The van der Waals surface area contributed by atoms with Crippen molar-refractivity contribution in [2.45, 2.75) is 36.2 Å². The molecule has 0 radical (unpaired) electrons. The molecule has 1 N–H and O–H groups in total. The van der Waals surface area contributed by atoms with Gasteiger partial charge in [0.25, 0.3) is 5.92 Å². The summed E-state index contributed by atoms with van der Waals surface area (Å²) in [5, 5.41) is 9.26. The van der Waals surface area contributed by atoms with E-state index in [9.17, 15) is 22.3 Å². The molecule has 0 spiro atoms. The number of aliphatic hydroxyl groups excluding tert-OH is 1. The second-order valence-electron chi connectivity index (χ2n) is 6.36. The quantitative estimate of drug-likeness (QED) is 0.886. The van der Waals surface area contributed by atoms with E-state index < -0.39 is 28.5 Å². The van der Waals surface area contributed by atoms with E-state index in [1.54, 1.807) is 17.0 Å². The topological polar surface area (TPSA) is 60.9 Å². The van der Waals surface area contributed by atoms with E-state index in [2.05, 4.69) is 0 Å². The normalized spacial score (nSPS) is 26.3. The van der Waals surface area contributed by atoms with Crippen molar-refractivity contribution < 1.29 is 22.3 Å². The fourth-order valence-electron chi connectivity index (χ4n) is 3.27. The van der Waals surface area contributed by atoms with Crippen LogP contribution < -0.4 is 0 Å². The minimum absolute atomic E-state index is 0.183. The van der Waals surface area contributed by atoms with Gasteiger partial charge in [-0.3, -0.25) is 4.90 Å². The Morgan fingerprint density at radius 1 is 1.35 bits per heavy atom. The molecule has 23 heavy (non-hydrogen) atoms. The maximum Gasteiger partial charge on any atom is 0.262 e. The molecule has 2 fully saturated rings. The molecule has 1 atom stereocenters. The largest absolute Gasteiger partial charge is 0.395 e. The number of nitrogens with zero attached hydrogens (tertiary/aromatic N) is 2. The fraction of sp³-hybridized carbons (Fsp3) is 0.600. The molecule has 2 heterocycles. The van der Waals surface area contributed by atoms with Crippen LogP contribution in [0.5, 0.6) is 0 Å². The van der Waals surface area contributed by atoms with Crippen molar-refractivity contribution in [3.05, 3.63) is 29.8 Å². The van der Waals surface area contributed by atoms with Crippen LogP contribution in [-0.2, 0) is 10.0 Å². The van der Waals surface area contributed by atoms with Gasteiger partial charge < -0.3 is 5.11 Å². The summed E-state index contributed by atoms with van der Waals surface area (Å²) < 4.78 is 53.4. The Bertz CT molecular complexity index is 690. The van der Waals surface area contributed by atoms with E-state index in [4.69, 9.17) is 0 Å². The fourth-order valence-corrected chi connectivity index (χ4v) is 4.89. The Kier molecular flexibility index (Phi) is 4.20. The first-order chi connectivity index (χ1) is 10.7. The van der Waals surface area contributed by atoms with Gasteiger partial charge in [0.2, 0.25) is 10.0 Å². The third-order valence-corrected chi connectivity index (χ3v) is 6.38. The van der Waals surface area contributed by atoms with Gasteiger partial charge in [-0.15, -0.1) is 0 Å². The summed E-state index contributed by atoms with van der Waals surface area (Å²) in [6, 6.07) is 5.77. The van der Waals surface area contributed by atoms with Crippen molar-refractivity contribution in [2.75, 3.05) is 26.2 Å². The van der Waals surface area contributed by atoms with Crippen LogP contribution in [0.2, 0.25) is 0 Å². The summed E-state index contributed by atoms with van der Waals surface area (Å²) in [7, 11) is -3.58. The van der Waals surface area contributed by atoms with Gasteiger partial charge in [-0.2, -0.15) is 4.31 Å². The second kappa shape index (κ2) is 5.77. The smallest absolute Gasteiger partial charge is 0.262 e. The molecule has 2 aliphatic rings. The lowest BCUT2D eigenvalue weighted by molar-refractivity contribution is -0.00245. The summed E-state index contributed by atoms with van der Waals surface area (Å²) in [6.07, 6.45) is -0.370. The van der Waals surface area contributed by atoms with Crippen LogP contribution in [0.4, 0.5) is 8.78 Å². The zero-order valence-electron chi connectivity index (χ0n) is 12.8. The maximum atomic E-state index is 13.5. The van der Waals surface area contributed by atoms with Crippen LogP contribution in [0, 0.1) is 6.92 Å². The van der Waals surface area contributed by atoms with Gasteiger partial charge in [-0.25, -0.2) is 17.2 Å². The molecule has 0 amide bonds. The van der Waals surface area contributed by atoms with Gasteiger partial charge in [0.05, 0.1) is 18.0 Å². The molecule has 1 aromatic rings. The molecule has 2 saturated heterocycles. The number of sulfonamides is 1. The highest BCUT2D eigenvalue weighted by atomic mass is 32.2. The molecule has 8 heteroatoms. The number of likely N-dealkylation sites (tertiary alicyclic amines) is 1. The van der Waals surface area contributed by atoms with Crippen LogP contribution in [-0.4, -0.2) is 67.0 Å². The molecule has 2 aliphatic heterocycles. The molecule has 0 aromatic heterocycles. The zero-order chi connectivity index (χ0) is 16.8. The Morgan fingerprint density at radius 2 is 2.04 bits per heavy atom. The van der Waals surface area contributed by atoms with Crippen molar-refractivity contribution in [3.63, 3.8) is 0 Å². The number of hydrogen-bond acceptors (Lipinski definition) is 4. The minimum Gasteiger partial charge on any atom is -0.395 e. The molecular formula is C15H20F2N2O3S. The molecule has 0 bridgehead atoms. The molecule has 5 nitrogen and oxygen atoms in total. The third-order valence-electron chi connectivity index (χ3n) is 4.55. The van der Waals surface area contributed by atoms with E-state index in [1.807, 2.05) is 13.0 Å². The SMILES string of the molecule is Cc1cccc(S(=O)(=O)N2CC(N3CC(F)(F)C[C@H]3CO)C2)c1. The molecule has 0 unspecified atom stereocenters. The van der Waals surface area contributed by atoms with Crippen LogP contribution >= 0.6 is 0 Å². The van der Waals surface area contributed by atoms with Gasteiger partial charge in [-0.05, 0) is 24.6 Å². The van der Waals surface area contributed by atoms with Crippen LogP contribution in [0.3, 0.4) is 0 Å². The molecule has 128 valence electrons. The highest BCUT2D eigenvalue weighted by molar-refractivity contribution is 7.89. The number of halogens is 2. The van der Waals surface area contributed by atoms with E-state index >= 15 is 0 Å². The predicted octanol–water partition coefficient (Wildman–Crippen LogP) is 1.07. The minimum atomic E-state index is -3.58. The summed E-state index contributed by atoms with van der Waals surface area (Å²) in [5.74, 6) is -2.82. The lowest BCUT2D eigenvalue weighted by Crippen LogP contribution is -2.62. The van der Waals surface area contributed by atoms with Gasteiger partial charge in [0.1, 0.15) is 0 Å². The average molecular weight is 346 g/mol. The molecule has 0 aliphatic carbocycles. The van der Waals surface area contributed by atoms with Crippen molar-refractivity contribution in [2.24, 2.45) is 0 Å². The first-order valence-corrected chi connectivity index (χ1v) is 8.98. The van der Waals surface area contributed by atoms with Gasteiger partial charge in [-0.1, -0.05) is 12.1 Å². The lowest BCUT2D eigenvalue weighted by Gasteiger charge is -2.44. The molecular weight excluding hydrogens is 326 g/mol. The highest BCUT2D eigenvalue weighted by Gasteiger charge is 2.51. The first-order valence-electron chi connectivity index (χ1n) is 7.54. The molecule has 3 rings (SSSR count). The van der Waals surface area contributed by atoms with Gasteiger partial charge >= 0.3 is 0 Å². The Hall–Kier alpha value is -1.09. The monoisotopic (exact) mass is 346 g/mol. The third kappa shape index (κ3) is 3.13. The number of benzene rings is 1. The highest BCUT2D eigenvalue weighted by Crippen LogP contribution is 2.36. The van der Waals surface area contributed by atoms with Crippen LogP contribution in [0.1, 0.15) is 12.0 Å². The van der Waals surface area contributed by atoms with Crippen molar-refractivity contribution >= 4 is 10.0 Å². The standard InChI is InChI=1S/C15H20F2N2O3S/c1-11-3-2-4-14(5-11)23(21,22)18-7-13(8-18)19-10-15(16,17)6-12(19)9-20/h2-5,12-13,20H,6-10H2,1H3/t12-/m0/s1. The summed E-state index contributed by atoms with van der Waals surface area (Å²) in [4.78, 5) is 1.77. The van der Waals surface area contributed by atoms with E-state index in [1.165, 1.54) is 10.4 Å². The molecule has 0 saturated carbocycles. The summed E-state index contributed by atoms with van der Waals surface area (Å²) in [5.41, 5.74) is 0.850. The van der Waals surface area contributed by atoms with Crippen molar-refractivity contribution in [1.82, 2.24) is 9.21 Å². The summed E-state index contributed by atoms with van der Waals surface area (Å²) >= 11 is 0. The van der Waals surface area contributed by atoms with E-state index in [0.717, 1.165) is 5.56 Å². The lowest BCUT2D eigenvalue weighted by atomic mass is 10.1. The van der Waals surface area contributed by atoms with Gasteiger partial charge in [0, 0.05) is 31.6 Å². The predicted molar refractivity (Wildman–Crippen MR) is 80.9 cm³/mol. The van der Waals surface area contributed by atoms with Crippen molar-refractivity contribution in [1.29, 1.82) is 0 Å². The van der Waals surface area contributed by atoms with E-state index in [-0.39, 0.29) is 37.1 Å². The molecule has 1 aromatic carbocycles. The zero-order valence-corrected chi connectivity index (χ0v) is 13.6. The Morgan fingerprint density at radius 3 is 2.65 bits per heavy atom. The number of hydrogen-bond donors (Lipinski definition) is 1. The number of aliphatic hydroxyl groups is 1. The van der Waals surface area contributed by atoms with Crippen LogP contribution in [0.25, 0.3) is 0 Å². The van der Waals surface area contributed by atoms with Crippen molar-refractivity contribution in [3.8, 4) is 0 Å². The summed E-state index contributed by atoms with van der Waals surface area (Å²) in [6.45, 7) is 1.43. The number of aryl methyl sites for hydroxylation is 1. The number of alkyl halides is 2. The first kappa shape index (κ1) is 16.8. The van der Waals surface area contributed by atoms with Crippen LogP contribution in [0.15, 0.2) is 29.2 Å². The average Bonchev–Trinajstić information content (AvgIpc) is 2.72. The Labute approximate surface area is 134 Å². The second-order valence-corrected chi connectivity index (χ2v) is 8.30. The maximum absolute atomic E-state index is 13.5. The van der Waals surface area contributed by atoms with Gasteiger partial charge in [0.15, 0.2) is 0 Å². The Balaban J connectivity index is 1.69. The van der Waals surface area contributed by atoms with E-state index in [0.29, 0.717) is 0 Å².